The minimum atomic E-state index is -0.0423. The maximum atomic E-state index is 12.8. The lowest BCUT2D eigenvalue weighted by atomic mass is 9.97. The molecule has 0 spiro atoms. The number of aromatic amines is 1. The number of carbonyl (C=O) groups is 1. The Hall–Kier alpha value is -2.75. The van der Waals surface area contributed by atoms with Crippen LogP contribution in [0.2, 0.25) is 0 Å². The quantitative estimate of drug-likeness (QED) is 0.571. The molecule has 1 aromatic heterocycles. The molecule has 106 valence electrons. The number of carbonyl (C=O) groups excluding carboxylic acids is 1. The van der Waals surface area contributed by atoms with Crippen molar-refractivity contribution in [3.05, 3.63) is 59.3 Å². The average molecular weight is 280 g/mol. The molecule has 0 unspecified atom stereocenters. The van der Waals surface area contributed by atoms with Gasteiger partial charge in [-0.15, -0.1) is 0 Å². The number of benzene rings is 2. The number of fused-ring (bicyclic) bond motifs is 1. The smallest absolute Gasteiger partial charge is 0.195 e. The van der Waals surface area contributed by atoms with Crippen LogP contribution in [0.5, 0.6) is 5.75 Å². The molecule has 2 aromatic carbocycles. The Balaban J connectivity index is 2.15. The van der Waals surface area contributed by atoms with Gasteiger partial charge in [-0.1, -0.05) is 12.1 Å². The number of hydrogen-bond donors (Lipinski definition) is 2. The molecule has 0 radical (unpaired) electrons. The Morgan fingerprint density at radius 2 is 2.00 bits per heavy atom. The Morgan fingerprint density at radius 1 is 1.19 bits per heavy atom. The predicted molar refractivity (Wildman–Crippen MR) is 83.9 cm³/mol. The van der Waals surface area contributed by atoms with Gasteiger partial charge in [0, 0.05) is 33.9 Å². The van der Waals surface area contributed by atoms with Crippen LogP contribution in [0.3, 0.4) is 0 Å². The number of ketones is 1. The van der Waals surface area contributed by atoms with Crippen molar-refractivity contribution in [3.63, 3.8) is 0 Å². The summed E-state index contributed by atoms with van der Waals surface area (Å²) in [4.78, 5) is 15.9. The predicted octanol–water partition coefficient (Wildman–Crippen LogP) is 3.30. The van der Waals surface area contributed by atoms with Gasteiger partial charge < -0.3 is 15.5 Å². The highest BCUT2D eigenvalue weighted by Gasteiger charge is 2.17. The topological polar surface area (TPSA) is 68.1 Å². The van der Waals surface area contributed by atoms with E-state index in [1.54, 1.807) is 31.5 Å². The van der Waals surface area contributed by atoms with Gasteiger partial charge in [0.05, 0.1) is 7.11 Å². The standard InChI is InChI=1S/C17H16N2O2/c1-10-12(4-3-5-15(10)18)17(20)14-9-19-16-7-6-11(21-2)8-13(14)16/h3-9,19H,18H2,1-2H3. The molecular weight excluding hydrogens is 264 g/mol. The lowest BCUT2D eigenvalue weighted by molar-refractivity contribution is 0.104. The number of nitrogens with one attached hydrogen (secondary N) is 1. The number of H-pyrrole nitrogens is 1. The summed E-state index contributed by atoms with van der Waals surface area (Å²) in [6.45, 7) is 1.86. The zero-order valence-corrected chi connectivity index (χ0v) is 11.9. The van der Waals surface area contributed by atoms with Crippen molar-refractivity contribution in [2.24, 2.45) is 0 Å². The van der Waals surface area contributed by atoms with Gasteiger partial charge >= 0.3 is 0 Å². The third-order valence-corrected chi connectivity index (χ3v) is 3.75. The number of nitrogen functional groups attached to an aromatic ring is 1. The van der Waals surface area contributed by atoms with Crippen LogP contribution >= 0.6 is 0 Å². The zero-order chi connectivity index (χ0) is 15.0. The lowest BCUT2D eigenvalue weighted by Crippen LogP contribution is -2.05. The minimum absolute atomic E-state index is 0.0423. The van der Waals surface area contributed by atoms with Gasteiger partial charge in [0.15, 0.2) is 5.78 Å². The van der Waals surface area contributed by atoms with Crippen molar-refractivity contribution >= 4 is 22.4 Å². The van der Waals surface area contributed by atoms with E-state index in [4.69, 9.17) is 10.5 Å². The molecule has 3 N–H and O–H groups in total. The van der Waals surface area contributed by atoms with E-state index in [1.165, 1.54) is 0 Å². The number of nitrogens with two attached hydrogens (primary N) is 1. The molecule has 4 heteroatoms. The van der Waals surface area contributed by atoms with Crippen molar-refractivity contribution in [2.45, 2.75) is 6.92 Å². The van der Waals surface area contributed by atoms with Gasteiger partial charge in [0.1, 0.15) is 5.75 Å². The van der Waals surface area contributed by atoms with Crippen LogP contribution in [-0.2, 0) is 0 Å². The Labute approximate surface area is 122 Å². The first kappa shape index (κ1) is 13.2. The van der Waals surface area contributed by atoms with Crippen molar-refractivity contribution in [1.29, 1.82) is 0 Å². The van der Waals surface area contributed by atoms with Gasteiger partial charge in [0.2, 0.25) is 0 Å². The number of methoxy groups -OCH3 is 1. The highest BCUT2D eigenvalue weighted by atomic mass is 16.5. The van der Waals surface area contributed by atoms with E-state index >= 15 is 0 Å². The van der Waals surface area contributed by atoms with Crippen molar-refractivity contribution < 1.29 is 9.53 Å². The van der Waals surface area contributed by atoms with Crippen LogP contribution in [0.25, 0.3) is 10.9 Å². The zero-order valence-electron chi connectivity index (χ0n) is 11.9. The summed E-state index contributed by atoms with van der Waals surface area (Å²) in [5.74, 6) is 0.680. The van der Waals surface area contributed by atoms with Crippen molar-refractivity contribution in [3.8, 4) is 5.75 Å². The van der Waals surface area contributed by atoms with Crippen LogP contribution in [0.4, 0.5) is 5.69 Å². The summed E-state index contributed by atoms with van der Waals surface area (Å²) >= 11 is 0. The molecular formula is C17H16N2O2. The lowest BCUT2D eigenvalue weighted by Gasteiger charge is -2.07. The van der Waals surface area contributed by atoms with Crippen LogP contribution in [-0.4, -0.2) is 17.9 Å². The fraction of sp³-hybridized carbons (Fsp3) is 0.118. The highest BCUT2D eigenvalue weighted by Crippen LogP contribution is 2.27. The fourth-order valence-corrected chi connectivity index (χ4v) is 2.46. The molecule has 4 nitrogen and oxygen atoms in total. The second kappa shape index (κ2) is 4.98. The van der Waals surface area contributed by atoms with Crippen LogP contribution in [0.15, 0.2) is 42.6 Å². The molecule has 3 aromatic rings. The SMILES string of the molecule is COc1ccc2[nH]cc(C(=O)c3cccc(N)c3C)c2c1. The first-order chi connectivity index (χ1) is 10.1. The number of ether oxygens (including phenoxy) is 1. The summed E-state index contributed by atoms with van der Waals surface area (Å²) in [7, 11) is 1.61. The average Bonchev–Trinajstić information content (AvgIpc) is 2.92. The third-order valence-electron chi connectivity index (χ3n) is 3.75. The first-order valence-electron chi connectivity index (χ1n) is 6.66. The number of hydrogen-bond acceptors (Lipinski definition) is 3. The number of rotatable bonds is 3. The number of aromatic nitrogens is 1. The summed E-state index contributed by atoms with van der Waals surface area (Å²) in [5.41, 5.74) is 9.47. The molecule has 21 heavy (non-hydrogen) atoms. The highest BCUT2D eigenvalue weighted by molar-refractivity contribution is 6.17. The molecule has 0 saturated carbocycles. The van der Waals surface area contributed by atoms with E-state index in [0.717, 1.165) is 22.2 Å². The fourth-order valence-electron chi connectivity index (χ4n) is 2.46. The van der Waals surface area contributed by atoms with Crippen LogP contribution in [0, 0.1) is 6.92 Å². The summed E-state index contributed by atoms with van der Waals surface area (Å²) in [5, 5.41) is 0.848. The monoisotopic (exact) mass is 280 g/mol. The second-order valence-corrected chi connectivity index (χ2v) is 4.96. The van der Waals surface area contributed by atoms with Gasteiger partial charge in [-0.2, -0.15) is 0 Å². The Bertz CT molecular complexity index is 834. The minimum Gasteiger partial charge on any atom is -0.497 e. The largest absolute Gasteiger partial charge is 0.497 e. The summed E-state index contributed by atoms with van der Waals surface area (Å²) in [6.07, 6.45) is 1.73. The Kier molecular flexibility index (Phi) is 3.14. The Morgan fingerprint density at radius 3 is 2.76 bits per heavy atom. The van der Waals surface area contributed by atoms with Gasteiger partial charge in [-0.25, -0.2) is 0 Å². The molecule has 0 aliphatic heterocycles. The van der Waals surface area contributed by atoms with E-state index in [-0.39, 0.29) is 5.78 Å². The van der Waals surface area contributed by atoms with Crippen LogP contribution in [0.1, 0.15) is 21.5 Å². The van der Waals surface area contributed by atoms with E-state index in [0.29, 0.717) is 16.8 Å². The van der Waals surface area contributed by atoms with E-state index in [9.17, 15) is 4.79 Å². The molecule has 0 amide bonds. The van der Waals surface area contributed by atoms with E-state index in [1.807, 2.05) is 25.1 Å². The number of anilines is 1. The molecule has 0 aliphatic carbocycles. The van der Waals surface area contributed by atoms with Gasteiger partial charge in [0.25, 0.3) is 0 Å². The molecule has 0 atom stereocenters. The van der Waals surface area contributed by atoms with E-state index < -0.39 is 0 Å². The maximum Gasteiger partial charge on any atom is 0.195 e. The normalized spacial score (nSPS) is 10.8. The molecule has 1 heterocycles. The summed E-state index contributed by atoms with van der Waals surface area (Å²) < 4.78 is 5.23. The molecule has 3 rings (SSSR count). The summed E-state index contributed by atoms with van der Waals surface area (Å²) in [6, 6.07) is 11.0. The van der Waals surface area contributed by atoms with Gasteiger partial charge in [-0.3, -0.25) is 4.79 Å². The van der Waals surface area contributed by atoms with E-state index in [2.05, 4.69) is 4.98 Å². The second-order valence-electron chi connectivity index (χ2n) is 4.96. The van der Waals surface area contributed by atoms with Gasteiger partial charge in [-0.05, 0) is 36.8 Å². The third kappa shape index (κ3) is 2.14. The van der Waals surface area contributed by atoms with Crippen molar-refractivity contribution in [2.75, 3.05) is 12.8 Å². The molecule has 0 fully saturated rings. The van der Waals surface area contributed by atoms with Crippen LogP contribution < -0.4 is 10.5 Å². The molecule has 0 aliphatic rings. The molecule has 0 bridgehead atoms. The maximum absolute atomic E-state index is 12.8. The molecule has 0 saturated heterocycles. The first-order valence-corrected chi connectivity index (χ1v) is 6.66. The van der Waals surface area contributed by atoms with Crippen molar-refractivity contribution in [1.82, 2.24) is 4.98 Å².